The van der Waals surface area contributed by atoms with E-state index in [4.69, 9.17) is 51.2 Å². The van der Waals surface area contributed by atoms with Gasteiger partial charge in [0.25, 0.3) is 24.1 Å². The maximum atomic E-state index is 12.6. The SMILES string of the molecule is CC(=O)Oc1ccc2nc(-c3cc4ccccc4o3)oc(=O)c2c1.N#Cc1nc2ccccc2n1Cc1ccccc1.O=C(c1cc2ccccc2o1)N1CCc2ccccc21.O=C(c1cc2ccccc2o1)c1cc2ccccc2o1.O=COCOc1ccc2occ(C(=O)c3ccccc3)c2c1.c1ccc(Cn2c(-c3cscn3)nc3ccccc32)cc1.c1ccc(Cn2c(Cc3ccccn3)nc3ccccc32)cc1. The number of benzene rings is 14. The number of hydrogen-bond donors (Lipinski definition) is 0. The van der Waals surface area contributed by atoms with Crippen LogP contribution >= 0.6 is 11.3 Å². The molecule has 0 unspecified atom stereocenters. The zero-order valence-electron chi connectivity index (χ0n) is 79.3. The first-order valence-electron chi connectivity index (χ1n) is 47.2. The maximum Gasteiger partial charge on any atom is 0.347 e. The molecular formula is C121H87N11O15S. The van der Waals surface area contributed by atoms with E-state index in [-0.39, 0.29) is 41.3 Å². The van der Waals surface area contributed by atoms with Crippen molar-refractivity contribution in [2.75, 3.05) is 18.2 Å². The van der Waals surface area contributed by atoms with Crippen LogP contribution in [0.5, 0.6) is 11.5 Å². The van der Waals surface area contributed by atoms with Crippen LogP contribution < -0.4 is 20.0 Å². The van der Waals surface area contributed by atoms with Crippen LogP contribution in [0.2, 0.25) is 0 Å². The number of ketones is 2. The number of esters is 1. The van der Waals surface area contributed by atoms with Crippen LogP contribution in [-0.2, 0) is 46.8 Å². The van der Waals surface area contributed by atoms with E-state index in [1.54, 1.807) is 89.0 Å². The van der Waals surface area contributed by atoms with Gasteiger partial charge in [-0.3, -0.25) is 29.0 Å². The van der Waals surface area contributed by atoms with Crippen molar-refractivity contribution in [3.05, 3.63) is 496 Å². The Morgan fingerprint density at radius 2 is 0.966 bits per heavy atom. The van der Waals surface area contributed by atoms with E-state index in [1.807, 2.05) is 240 Å². The van der Waals surface area contributed by atoms with Crippen LogP contribution in [0, 0.1) is 11.3 Å². The molecule has 0 spiro atoms. The normalized spacial score (nSPS) is 11.2. The van der Waals surface area contributed by atoms with Gasteiger partial charge in [0.05, 0.1) is 61.6 Å². The quantitative estimate of drug-likeness (QED) is 0.0171. The number of rotatable bonds is 20. The number of ether oxygens (including phenoxy) is 3. The van der Waals surface area contributed by atoms with Crippen molar-refractivity contribution in [2.45, 2.75) is 39.4 Å². The van der Waals surface area contributed by atoms with E-state index in [0.717, 1.165) is 121 Å². The van der Waals surface area contributed by atoms with Crippen molar-refractivity contribution in [1.82, 2.24) is 43.6 Å². The molecule has 0 N–H and O–H groups in total. The topological polar surface area (TPSA) is 328 Å². The molecule has 0 atom stereocenters. The van der Waals surface area contributed by atoms with E-state index in [1.165, 1.54) is 41.5 Å². The Bertz CT molecular complexity index is 8930. The largest absolute Gasteiger partial charge is 0.464 e. The second kappa shape index (κ2) is 45.0. The van der Waals surface area contributed by atoms with Gasteiger partial charge >= 0.3 is 11.6 Å². The first-order chi connectivity index (χ1) is 72.7. The first-order valence-corrected chi connectivity index (χ1v) is 48.1. The fraction of sp³-hybridized carbons (Fsp3) is 0.0661. The van der Waals surface area contributed by atoms with Gasteiger partial charge in [-0.1, -0.05) is 255 Å². The lowest BCUT2D eigenvalue weighted by atomic mass is 10.0. The Kier molecular flexibility index (Phi) is 29.1. The van der Waals surface area contributed by atoms with E-state index >= 15 is 0 Å². The average molecular weight is 1970 g/mol. The number of aromatic nitrogens is 9. The molecule has 1 aliphatic heterocycles. The summed E-state index contributed by atoms with van der Waals surface area (Å²) in [5.41, 5.74) is 20.3. The van der Waals surface area contributed by atoms with Crippen LogP contribution in [0.1, 0.15) is 89.3 Å². The minimum Gasteiger partial charge on any atom is -0.464 e. The van der Waals surface area contributed by atoms with Crippen LogP contribution in [-0.4, -0.2) is 86.9 Å². The van der Waals surface area contributed by atoms with Gasteiger partial charge < -0.3 is 59.3 Å². The number of furan rings is 5. The lowest BCUT2D eigenvalue weighted by Crippen LogP contribution is -2.28. The molecule has 1 amide bonds. The molecule has 26 rings (SSSR count). The summed E-state index contributed by atoms with van der Waals surface area (Å²) < 4.78 is 54.3. The van der Waals surface area contributed by atoms with E-state index in [0.29, 0.717) is 92.0 Å². The number of carbonyl (C=O) groups excluding carboxylic acids is 5. The summed E-state index contributed by atoms with van der Waals surface area (Å²) in [5, 5.41) is 15.8. The number of hydrogen-bond acceptors (Lipinski definition) is 23. The number of amides is 1. The lowest BCUT2D eigenvalue weighted by molar-refractivity contribution is -0.134. The third-order valence-electron chi connectivity index (χ3n) is 24.2. The summed E-state index contributed by atoms with van der Waals surface area (Å²) in [6.45, 7) is 4.42. The Balaban J connectivity index is 0.000000105. The molecule has 0 bridgehead atoms. The molecule has 0 saturated heterocycles. The zero-order valence-corrected chi connectivity index (χ0v) is 80.1. The summed E-state index contributed by atoms with van der Waals surface area (Å²) in [6, 6.07) is 127. The number of pyridine rings is 1. The summed E-state index contributed by atoms with van der Waals surface area (Å²) in [5.74, 6) is 3.77. The van der Waals surface area contributed by atoms with E-state index in [9.17, 15) is 28.8 Å². The minimum atomic E-state index is -0.579. The highest BCUT2D eigenvalue weighted by Gasteiger charge is 2.29. The van der Waals surface area contributed by atoms with Gasteiger partial charge in [-0.25, -0.2) is 29.7 Å². The Labute approximate surface area is 848 Å². The Hall–Kier alpha value is -19.8. The number of carbonyl (C=O) groups is 5. The highest BCUT2D eigenvalue weighted by molar-refractivity contribution is 7.07. The number of anilines is 1. The number of imidazole rings is 3. The zero-order chi connectivity index (χ0) is 101. The third-order valence-corrected chi connectivity index (χ3v) is 24.8. The van der Waals surface area contributed by atoms with Gasteiger partial charge in [-0.2, -0.15) is 5.26 Å². The van der Waals surface area contributed by atoms with Gasteiger partial charge in [0.1, 0.15) is 63.3 Å². The van der Waals surface area contributed by atoms with E-state index in [2.05, 4.69) is 137 Å². The molecule has 148 heavy (non-hydrogen) atoms. The Morgan fingerprint density at radius 3 is 1.55 bits per heavy atom. The molecule has 12 heterocycles. The monoisotopic (exact) mass is 1970 g/mol. The van der Waals surface area contributed by atoms with Crippen LogP contribution in [0.3, 0.4) is 0 Å². The summed E-state index contributed by atoms with van der Waals surface area (Å²) in [7, 11) is 0. The van der Waals surface area contributed by atoms with Crippen LogP contribution in [0.25, 0.3) is 122 Å². The molecule has 722 valence electrons. The number of nitriles is 1. The van der Waals surface area contributed by atoms with Crippen molar-refractivity contribution in [1.29, 1.82) is 5.26 Å². The number of nitrogens with zero attached hydrogens (tertiary/aromatic N) is 11. The molecule has 1 aliphatic rings. The van der Waals surface area contributed by atoms with Crippen molar-refractivity contribution in [3.8, 4) is 40.7 Å². The standard InChI is InChI=1S/C20H17N3.C18H11NO5.C17H13N3S.C17H13NO2.C17H12O5.C17H10O3.C15H11N3/c1-2-8-16(9-3-1)15-23-19-12-5-4-11-18(19)22-20(23)14-17-10-6-7-13-21-17;1-10(20)22-12-6-7-14-13(9-12)18(21)24-17(19-14)16-8-11-4-2-3-5-15(11)23-16;1-2-6-13(7-3-1)10-20-16-9-5-4-8-14(16)19-17(20)15-11-21-12-18-15;19-17(16-11-13-6-2-4-8-15(13)20-16)18-10-9-12-5-1-3-7-14(12)18;18-10-20-11-22-13-6-7-16-14(8-13)15(9-21-16)17(19)12-4-2-1-3-5-12;18-17(15-9-11-5-1-3-7-13(11)19-15)16-10-12-6-2-4-8-14(12)20-16;16-10-15-17-13-8-4-5-9-14(13)18(15)11-12-6-2-1-3-7-12/h1-13H,14-15H2;2-9H,1H3;1-9,11-12H,10H2;1-8,11H,9-10H2;1-10H,11H2;1-10H;1-9H,11H2. The first kappa shape index (κ1) is 95.7. The predicted octanol–water partition coefficient (Wildman–Crippen LogP) is 26.0. The molecule has 27 heteroatoms. The van der Waals surface area contributed by atoms with Crippen LogP contribution in [0.15, 0.2) is 449 Å². The molecule has 0 radical (unpaired) electrons. The molecule has 26 nitrogen and oxygen atoms in total. The van der Waals surface area contributed by atoms with Crippen molar-refractivity contribution >= 4 is 146 Å². The van der Waals surface area contributed by atoms with Gasteiger partial charge in [-0.15, -0.1) is 11.3 Å². The van der Waals surface area contributed by atoms with Gasteiger partial charge in [0.2, 0.25) is 12.6 Å². The molecular weight excluding hydrogens is 1880 g/mol. The number of fused-ring (bicyclic) bond motifs is 10. The second-order valence-corrected chi connectivity index (χ2v) is 34.6. The van der Waals surface area contributed by atoms with Gasteiger partial charge in [-0.05, 0) is 168 Å². The van der Waals surface area contributed by atoms with Crippen molar-refractivity contribution in [2.24, 2.45) is 0 Å². The second-order valence-electron chi connectivity index (χ2n) is 33.9. The summed E-state index contributed by atoms with van der Waals surface area (Å²) in [6.07, 6.45) is 4.91. The summed E-state index contributed by atoms with van der Waals surface area (Å²) >= 11 is 1.59. The van der Waals surface area contributed by atoms with Gasteiger partial charge in [0.15, 0.2) is 34.6 Å². The fourth-order valence-electron chi connectivity index (χ4n) is 17.2. The smallest absolute Gasteiger partial charge is 0.347 e. The molecule has 11 aromatic heterocycles. The van der Waals surface area contributed by atoms with Crippen molar-refractivity contribution < 1.29 is 64.7 Å². The number of thiazole rings is 1. The molecule has 0 saturated carbocycles. The molecule has 0 aliphatic carbocycles. The predicted molar refractivity (Wildman–Crippen MR) is 568 cm³/mol. The molecule has 14 aromatic carbocycles. The fourth-order valence-corrected chi connectivity index (χ4v) is 17.7. The highest BCUT2D eigenvalue weighted by Crippen LogP contribution is 2.36. The van der Waals surface area contributed by atoms with Crippen molar-refractivity contribution in [3.63, 3.8) is 0 Å². The molecule has 0 fully saturated rings. The van der Waals surface area contributed by atoms with E-state index < -0.39 is 11.6 Å². The lowest BCUT2D eigenvalue weighted by Gasteiger charge is -2.15. The third kappa shape index (κ3) is 22.2. The maximum absolute atomic E-state index is 12.6. The van der Waals surface area contributed by atoms with Crippen LogP contribution in [0.4, 0.5) is 5.69 Å². The average Bonchev–Trinajstić information content (AvgIpc) is 1.21. The van der Waals surface area contributed by atoms with Gasteiger partial charge in [0, 0.05) is 88.4 Å². The minimum absolute atomic E-state index is 0.0637. The highest BCUT2D eigenvalue weighted by atomic mass is 32.1. The number of para-hydroxylation sites is 11. The molecule has 25 aromatic rings. The summed E-state index contributed by atoms with van der Waals surface area (Å²) in [4.78, 5) is 99.8. The Morgan fingerprint density at radius 1 is 0.453 bits per heavy atom.